The van der Waals surface area contributed by atoms with E-state index in [9.17, 15) is 4.79 Å². The van der Waals surface area contributed by atoms with E-state index >= 15 is 0 Å². The van der Waals surface area contributed by atoms with Crippen molar-refractivity contribution in [3.63, 3.8) is 0 Å². The predicted octanol–water partition coefficient (Wildman–Crippen LogP) is 4.02. The number of nitrogens with one attached hydrogen (secondary N) is 1. The molecule has 1 saturated carbocycles. The molecular formula is C19H27ClN4O. The Bertz CT molecular complexity index is 678. The standard InChI is InChI=1S/C19H26N4O.ClH/c1-14(20)11-12-19(24)21-18-13-17(15-7-5-6-8-15)22-23(18)16-9-3-2-4-10-16;/h2-4,9-10,13-15H,5-8,11-12,20H2,1H3,(H,21,24);1H. The Labute approximate surface area is 155 Å². The van der Waals surface area contributed by atoms with Crippen molar-refractivity contribution in [1.82, 2.24) is 9.78 Å². The number of halogens is 1. The van der Waals surface area contributed by atoms with Crippen LogP contribution in [0.4, 0.5) is 5.82 Å². The number of benzene rings is 1. The van der Waals surface area contributed by atoms with Gasteiger partial charge in [-0.3, -0.25) is 4.79 Å². The van der Waals surface area contributed by atoms with Crippen molar-refractivity contribution in [2.75, 3.05) is 5.32 Å². The first-order chi connectivity index (χ1) is 11.6. The average Bonchev–Trinajstić information content (AvgIpc) is 3.23. The van der Waals surface area contributed by atoms with Crippen LogP contribution in [0.1, 0.15) is 57.1 Å². The molecule has 1 aromatic carbocycles. The van der Waals surface area contributed by atoms with Gasteiger partial charge in [0.05, 0.1) is 11.4 Å². The van der Waals surface area contributed by atoms with Gasteiger partial charge in [-0.1, -0.05) is 31.0 Å². The summed E-state index contributed by atoms with van der Waals surface area (Å²) in [5, 5.41) is 7.80. The van der Waals surface area contributed by atoms with Gasteiger partial charge in [-0.2, -0.15) is 5.10 Å². The number of aromatic nitrogens is 2. The molecule has 3 rings (SSSR count). The van der Waals surface area contributed by atoms with Crippen LogP contribution in [0.3, 0.4) is 0 Å². The number of nitrogens with zero attached hydrogens (tertiary/aromatic N) is 2. The summed E-state index contributed by atoms with van der Waals surface area (Å²) in [5.74, 6) is 1.25. The van der Waals surface area contributed by atoms with Crippen molar-refractivity contribution in [2.45, 2.75) is 57.4 Å². The second-order valence-electron chi connectivity index (χ2n) is 6.75. The fourth-order valence-corrected chi connectivity index (χ4v) is 3.24. The number of carbonyl (C=O) groups is 1. The Hall–Kier alpha value is -1.85. The van der Waals surface area contributed by atoms with Gasteiger partial charge in [0.25, 0.3) is 0 Å². The maximum absolute atomic E-state index is 12.2. The molecule has 0 saturated heterocycles. The third-order valence-electron chi connectivity index (χ3n) is 4.60. The van der Waals surface area contributed by atoms with Gasteiger partial charge in [-0.05, 0) is 38.3 Å². The van der Waals surface area contributed by atoms with E-state index in [4.69, 9.17) is 10.8 Å². The van der Waals surface area contributed by atoms with Gasteiger partial charge in [-0.15, -0.1) is 12.4 Å². The fraction of sp³-hybridized carbons (Fsp3) is 0.474. The van der Waals surface area contributed by atoms with Crippen LogP contribution in [0.5, 0.6) is 0 Å². The summed E-state index contributed by atoms with van der Waals surface area (Å²) in [7, 11) is 0. The molecule has 0 bridgehead atoms. The highest BCUT2D eigenvalue weighted by Gasteiger charge is 2.22. The highest BCUT2D eigenvalue weighted by Crippen LogP contribution is 2.35. The molecule has 1 unspecified atom stereocenters. The van der Waals surface area contributed by atoms with E-state index < -0.39 is 0 Å². The van der Waals surface area contributed by atoms with E-state index in [2.05, 4.69) is 5.32 Å². The van der Waals surface area contributed by atoms with Gasteiger partial charge in [0.15, 0.2) is 0 Å². The van der Waals surface area contributed by atoms with E-state index in [1.54, 1.807) is 0 Å². The second-order valence-corrected chi connectivity index (χ2v) is 6.75. The zero-order chi connectivity index (χ0) is 16.9. The first-order valence-corrected chi connectivity index (χ1v) is 8.84. The SMILES string of the molecule is CC(N)CCC(=O)Nc1cc(C2CCCC2)nn1-c1ccccc1.Cl. The molecule has 5 nitrogen and oxygen atoms in total. The first kappa shape index (κ1) is 19.5. The molecule has 0 spiro atoms. The van der Waals surface area contributed by atoms with Gasteiger partial charge >= 0.3 is 0 Å². The van der Waals surface area contributed by atoms with E-state index in [0.717, 1.165) is 17.2 Å². The van der Waals surface area contributed by atoms with Gasteiger partial charge < -0.3 is 11.1 Å². The molecule has 1 atom stereocenters. The van der Waals surface area contributed by atoms with Crippen molar-refractivity contribution in [3.8, 4) is 5.69 Å². The van der Waals surface area contributed by atoms with E-state index in [1.807, 2.05) is 48.0 Å². The lowest BCUT2D eigenvalue weighted by atomic mass is 10.0. The molecule has 1 fully saturated rings. The Balaban J connectivity index is 0.00000225. The Morgan fingerprint density at radius 1 is 1.32 bits per heavy atom. The molecule has 1 amide bonds. The number of carbonyl (C=O) groups excluding carboxylic acids is 1. The number of amides is 1. The molecule has 3 N–H and O–H groups in total. The van der Waals surface area contributed by atoms with Crippen molar-refractivity contribution >= 4 is 24.1 Å². The van der Waals surface area contributed by atoms with Gasteiger partial charge in [-0.25, -0.2) is 4.68 Å². The predicted molar refractivity (Wildman–Crippen MR) is 104 cm³/mol. The summed E-state index contributed by atoms with van der Waals surface area (Å²) < 4.78 is 1.84. The smallest absolute Gasteiger partial charge is 0.225 e. The van der Waals surface area contributed by atoms with Crippen molar-refractivity contribution in [3.05, 3.63) is 42.1 Å². The average molecular weight is 363 g/mol. The lowest BCUT2D eigenvalue weighted by molar-refractivity contribution is -0.116. The summed E-state index contributed by atoms with van der Waals surface area (Å²) in [4.78, 5) is 12.2. The zero-order valence-corrected chi connectivity index (χ0v) is 15.5. The molecule has 1 aromatic heterocycles. The van der Waals surface area contributed by atoms with Crippen LogP contribution in [0, 0.1) is 0 Å². The minimum absolute atomic E-state index is 0. The Kier molecular flexibility index (Phi) is 7.02. The fourth-order valence-electron chi connectivity index (χ4n) is 3.24. The number of hydrogen-bond donors (Lipinski definition) is 2. The first-order valence-electron chi connectivity index (χ1n) is 8.84. The van der Waals surface area contributed by atoms with Crippen LogP contribution in [0.15, 0.2) is 36.4 Å². The molecular weight excluding hydrogens is 336 g/mol. The largest absolute Gasteiger partial charge is 0.328 e. The van der Waals surface area contributed by atoms with Crippen molar-refractivity contribution < 1.29 is 4.79 Å². The normalized spacial score (nSPS) is 15.6. The summed E-state index contributed by atoms with van der Waals surface area (Å²) >= 11 is 0. The molecule has 1 heterocycles. The third kappa shape index (κ3) is 5.06. The summed E-state index contributed by atoms with van der Waals surface area (Å²) in [6, 6.07) is 12.0. The van der Waals surface area contributed by atoms with Crippen LogP contribution in [0.2, 0.25) is 0 Å². The van der Waals surface area contributed by atoms with E-state index in [-0.39, 0.29) is 24.4 Å². The molecule has 0 aliphatic heterocycles. The summed E-state index contributed by atoms with van der Waals surface area (Å²) in [6.07, 6.45) is 6.00. The Morgan fingerprint density at radius 2 is 2.00 bits per heavy atom. The Morgan fingerprint density at radius 3 is 2.64 bits per heavy atom. The molecule has 6 heteroatoms. The maximum Gasteiger partial charge on any atom is 0.225 e. The van der Waals surface area contributed by atoms with E-state index in [0.29, 0.717) is 18.8 Å². The number of nitrogens with two attached hydrogens (primary N) is 1. The maximum atomic E-state index is 12.2. The van der Waals surface area contributed by atoms with Crippen molar-refractivity contribution in [1.29, 1.82) is 0 Å². The summed E-state index contributed by atoms with van der Waals surface area (Å²) in [6.45, 7) is 1.92. The molecule has 136 valence electrons. The quantitative estimate of drug-likeness (QED) is 0.815. The number of rotatable bonds is 6. The van der Waals surface area contributed by atoms with Crippen LogP contribution in [-0.2, 0) is 4.79 Å². The topological polar surface area (TPSA) is 72.9 Å². The number of para-hydroxylation sites is 1. The lowest BCUT2D eigenvalue weighted by Crippen LogP contribution is -2.20. The monoisotopic (exact) mass is 362 g/mol. The van der Waals surface area contributed by atoms with Crippen LogP contribution in [0.25, 0.3) is 5.69 Å². The lowest BCUT2D eigenvalue weighted by Gasteiger charge is -2.09. The van der Waals surface area contributed by atoms with Crippen molar-refractivity contribution in [2.24, 2.45) is 5.73 Å². The third-order valence-corrected chi connectivity index (χ3v) is 4.60. The molecule has 1 aliphatic carbocycles. The van der Waals surface area contributed by atoms with Gasteiger partial charge in [0, 0.05) is 24.4 Å². The minimum atomic E-state index is -0.0117. The minimum Gasteiger partial charge on any atom is -0.328 e. The van der Waals surface area contributed by atoms with Gasteiger partial charge in [0.2, 0.25) is 5.91 Å². The van der Waals surface area contributed by atoms with E-state index in [1.165, 1.54) is 25.7 Å². The molecule has 1 aliphatic rings. The van der Waals surface area contributed by atoms with Gasteiger partial charge in [0.1, 0.15) is 5.82 Å². The van der Waals surface area contributed by atoms with Crippen LogP contribution in [-0.4, -0.2) is 21.7 Å². The molecule has 2 aromatic rings. The highest BCUT2D eigenvalue weighted by atomic mass is 35.5. The summed E-state index contributed by atoms with van der Waals surface area (Å²) in [5.41, 5.74) is 7.79. The second kappa shape index (κ2) is 9.02. The number of hydrogen-bond acceptors (Lipinski definition) is 3. The molecule has 25 heavy (non-hydrogen) atoms. The zero-order valence-electron chi connectivity index (χ0n) is 14.6. The highest BCUT2D eigenvalue weighted by molar-refractivity contribution is 5.90. The molecule has 0 radical (unpaired) electrons. The van der Waals surface area contributed by atoms with Crippen LogP contribution < -0.4 is 11.1 Å². The number of anilines is 1. The van der Waals surface area contributed by atoms with Crippen LogP contribution >= 0.6 is 12.4 Å².